The van der Waals surface area contributed by atoms with Crippen LogP contribution in [-0.4, -0.2) is 48.2 Å². The summed E-state index contributed by atoms with van der Waals surface area (Å²) in [5, 5.41) is 16.8. The molecule has 0 aliphatic rings. The van der Waals surface area contributed by atoms with Gasteiger partial charge in [-0.25, -0.2) is 5.43 Å². The van der Waals surface area contributed by atoms with Gasteiger partial charge < -0.3 is 15.7 Å². The summed E-state index contributed by atoms with van der Waals surface area (Å²) in [6, 6.07) is 0. The first-order valence-electron chi connectivity index (χ1n) is 5.61. The predicted octanol–water partition coefficient (Wildman–Crippen LogP) is -1.72. The highest BCUT2D eigenvalue weighted by molar-refractivity contribution is 6.35. The molecule has 0 saturated carbocycles. The molecular formula is C11H18N4O4. The summed E-state index contributed by atoms with van der Waals surface area (Å²) in [4.78, 5) is 33.5. The van der Waals surface area contributed by atoms with Crippen LogP contribution in [0.15, 0.2) is 17.8 Å². The third-order valence-electron chi connectivity index (χ3n) is 1.81. The van der Waals surface area contributed by atoms with Gasteiger partial charge in [-0.05, 0) is 6.92 Å². The fourth-order valence-electron chi connectivity index (χ4n) is 0.967. The maximum atomic E-state index is 11.3. The van der Waals surface area contributed by atoms with E-state index in [1.165, 1.54) is 6.08 Å². The lowest BCUT2D eigenvalue weighted by molar-refractivity contribution is -0.139. The Morgan fingerprint density at radius 3 is 2.53 bits per heavy atom. The van der Waals surface area contributed by atoms with E-state index in [1.54, 1.807) is 6.92 Å². The molecule has 0 aliphatic heterocycles. The van der Waals surface area contributed by atoms with E-state index in [-0.39, 0.29) is 25.5 Å². The lowest BCUT2D eigenvalue weighted by atomic mass is 10.3. The summed E-state index contributed by atoms with van der Waals surface area (Å²) in [6.45, 7) is 5.07. The van der Waals surface area contributed by atoms with Gasteiger partial charge in [-0.1, -0.05) is 6.08 Å². The topological polar surface area (TPSA) is 120 Å². The first-order chi connectivity index (χ1) is 9.01. The molecule has 0 rings (SSSR count). The molecule has 8 heteroatoms. The third-order valence-corrected chi connectivity index (χ3v) is 1.81. The largest absolute Gasteiger partial charge is 0.395 e. The van der Waals surface area contributed by atoms with Crippen LogP contribution in [0.5, 0.6) is 0 Å². The number of nitrogens with one attached hydrogen (secondary N) is 3. The molecule has 0 spiro atoms. The van der Waals surface area contributed by atoms with Crippen LogP contribution in [0.2, 0.25) is 0 Å². The summed E-state index contributed by atoms with van der Waals surface area (Å²) in [5.74, 6) is -2.12. The number of carbonyl (C=O) groups excluding carboxylic acids is 3. The average molecular weight is 270 g/mol. The molecule has 0 saturated heterocycles. The summed E-state index contributed by atoms with van der Waals surface area (Å²) in [6.07, 6.45) is 1.55. The predicted molar refractivity (Wildman–Crippen MR) is 69.2 cm³/mol. The highest BCUT2D eigenvalue weighted by atomic mass is 16.3. The van der Waals surface area contributed by atoms with Crippen molar-refractivity contribution in [1.29, 1.82) is 0 Å². The number of amides is 3. The van der Waals surface area contributed by atoms with Crippen LogP contribution < -0.4 is 16.1 Å². The molecule has 0 radical (unpaired) electrons. The molecule has 0 fully saturated rings. The highest BCUT2D eigenvalue weighted by Gasteiger charge is 2.11. The van der Waals surface area contributed by atoms with Crippen molar-refractivity contribution in [2.75, 3.05) is 19.7 Å². The van der Waals surface area contributed by atoms with Crippen LogP contribution in [0, 0.1) is 0 Å². The lowest BCUT2D eigenvalue weighted by Gasteiger charge is -2.03. The standard InChI is InChI=1S/C11H18N4O4/c1-3-4-12-9(17)7-8(2)14-15-11(19)10(18)13-5-6-16/h3,16H,1,4-7H2,2H3,(H,12,17)(H,13,18)(H,15,19)/b14-8-. The number of aliphatic hydroxyl groups is 1. The van der Waals surface area contributed by atoms with Crippen LogP contribution in [0.4, 0.5) is 0 Å². The Labute approximate surface area is 110 Å². The van der Waals surface area contributed by atoms with E-state index < -0.39 is 11.8 Å². The van der Waals surface area contributed by atoms with E-state index in [0.29, 0.717) is 12.3 Å². The van der Waals surface area contributed by atoms with E-state index in [9.17, 15) is 14.4 Å². The zero-order valence-corrected chi connectivity index (χ0v) is 10.7. The maximum absolute atomic E-state index is 11.3. The van der Waals surface area contributed by atoms with Crippen molar-refractivity contribution >= 4 is 23.4 Å². The molecule has 106 valence electrons. The van der Waals surface area contributed by atoms with Gasteiger partial charge in [0.2, 0.25) is 5.91 Å². The molecule has 0 bridgehead atoms. The van der Waals surface area contributed by atoms with Crippen LogP contribution in [0.1, 0.15) is 13.3 Å². The van der Waals surface area contributed by atoms with Crippen molar-refractivity contribution in [3.05, 3.63) is 12.7 Å². The van der Waals surface area contributed by atoms with Gasteiger partial charge in [-0.15, -0.1) is 6.58 Å². The van der Waals surface area contributed by atoms with Gasteiger partial charge >= 0.3 is 11.8 Å². The molecule has 3 amide bonds. The molecular weight excluding hydrogens is 252 g/mol. The van der Waals surface area contributed by atoms with Gasteiger partial charge in [0.15, 0.2) is 0 Å². The molecule has 19 heavy (non-hydrogen) atoms. The lowest BCUT2D eigenvalue weighted by Crippen LogP contribution is -2.39. The summed E-state index contributed by atoms with van der Waals surface area (Å²) in [7, 11) is 0. The Balaban J connectivity index is 4.09. The second-order valence-corrected chi connectivity index (χ2v) is 3.54. The minimum Gasteiger partial charge on any atom is -0.395 e. The van der Waals surface area contributed by atoms with Crippen molar-refractivity contribution in [1.82, 2.24) is 16.1 Å². The second-order valence-electron chi connectivity index (χ2n) is 3.54. The van der Waals surface area contributed by atoms with Gasteiger partial charge in [-0.3, -0.25) is 14.4 Å². The number of rotatable bonds is 7. The van der Waals surface area contributed by atoms with Crippen molar-refractivity contribution < 1.29 is 19.5 Å². The third kappa shape index (κ3) is 8.50. The van der Waals surface area contributed by atoms with Crippen molar-refractivity contribution in [3.63, 3.8) is 0 Å². The zero-order valence-electron chi connectivity index (χ0n) is 10.7. The van der Waals surface area contributed by atoms with Crippen LogP contribution in [0.3, 0.4) is 0 Å². The molecule has 0 aromatic carbocycles. The summed E-state index contributed by atoms with van der Waals surface area (Å²) < 4.78 is 0. The summed E-state index contributed by atoms with van der Waals surface area (Å²) in [5.41, 5.74) is 2.36. The van der Waals surface area contributed by atoms with E-state index in [2.05, 4.69) is 22.3 Å². The zero-order chi connectivity index (χ0) is 14.7. The van der Waals surface area contributed by atoms with Crippen LogP contribution >= 0.6 is 0 Å². The first-order valence-corrected chi connectivity index (χ1v) is 5.61. The Bertz CT molecular complexity index is 379. The quantitative estimate of drug-likeness (QED) is 0.190. The Morgan fingerprint density at radius 2 is 1.95 bits per heavy atom. The molecule has 0 aromatic heterocycles. The van der Waals surface area contributed by atoms with Gasteiger partial charge in [0.05, 0.1) is 13.0 Å². The highest BCUT2D eigenvalue weighted by Crippen LogP contribution is 1.85. The SMILES string of the molecule is C=CCNC(=O)C/C(C)=N\NC(=O)C(=O)NCCO. The number of aliphatic hydroxyl groups excluding tert-OH is 1. The van der Waals surface area contributed by atoms with Gasteiger partial charge in [0.1, 0.15) is 0 Å². The number of hydrazone groups is 1. The molecule has 0 atom stereocenters. The molecule has 0 aliphatic carbocycles. The number of hydrogen-bond donors (Lipinski definition) is 4. The molecule has 4 N–H and O–H groups in total. The normalized spacial score (nSPS) is 10.5. The maximum Gasteiger partial charge on any atom is 0.329 e. The van der Waals surface area contributed by atoms with E-state index in [4.69, 9.17) is 5.11 Å². The molecule has 8 nitrogen and oxygen atoms in total. The number of carbonyl (C=O) groups is 3. The molecule has 0 aromatic rings. The minimum atomic E-state index is -0.959. The second kappa shape index (κ2) is 9.77. The number of nitrogens with zero attached hydrogens (tertiary/aromatic N) is 1. The Hall–Kier alpha value is -2.22. The van der Waals surface area contributed by atoms with Crippen LogP contribution in [-0.2, 0) is 14.4 Å². The van der Waals surface area contributed by atoms with E-state index >= 15 is 0 Å². The average Bonchev–Trinajstić information content (AvgIpc) is 2.39. The van der Waals surface area contributed by atoms with Gasteiger partial charge in [0, 0.05) is 18.8 Å². The minimum absolute atomic E-state index is 0.00633. The first kappa shape index (κ1) is 16.8. The van der Waals surface area contributed by atoms with Crippen molar-refractivity contribution in [3.8, 4) is 0 Å². The van der Waals surface area contributed by atoms with Crippen molar-refractivity contribution in [2.24, 2.45) is 5.10 Å². The van der Waals surface area contributed by atoms with Crippen LogP contribution in [0.25, 0.3) is 0 Å². The van der Waals surface area contributed by atoms with Gasteiger partial charge in [0.25, 0.3) is 0 Å². The van der Waals surface area contributed by atoms with Crippen molar-refractivity contribution in [2.45, 2.75) is 13.3 Å². The smallest absolute Gasteiger partial charge is 0.329 e. The summed E-state index contributed by atoms with van der Waals surface area (Å²) >= 11 is 0. The molecule has 0 heterocycles. The Kier molecular flexibility index (Phi) is 8.63. The van der Waals surface area contributed by atoms with E-state index in [0.717, 1.165) is 0 Å². The monoisotopic (exact) mass is 270 g/mol. The molecule has 0 unspecified atom stereocenters. The van der Waals surface area contributed by atoms with E-state index in [1.807, 2.05) is 5.43 Å². The Morgan fingerprint density at radius 1 is 1.26 bits per heavy atom. The number of hydrogen-bond acceptors (Lipinski definition) is 5. The fraction of sp³-hybridized carbons (Fsp3) is 0.455. The van der Waals surface area contributed by atoms with Gasteiger partial charge in [-0.2, -0.15) is 5.10 Å². The fourth-order valence-corrected chi connectivity index (χ4v) is 0.967.